The van der Waals surface area contributed by atoms with E-state index in [0.29, 0.717) is 6.54 Å². The van der Waals surface area contributed by atoms with Crippen LogP contribution in [0.5, 0.6) is 0 Å². The van der Waals surface area contributed by atoms with Crippen LogP contribution in [-0.4, -0.2) is 51.8 Å². The molecule has 1 atom stereocenters. The van der Waals surface area contributed by atoms with Gasteiger partial charge in [0.1, 0.15) is 13.2 Å². The first-order chi connectivity index (χ1) is 10.1. The Morgan fingerprint density at radius 2 is 1.76 bits per heavy atom. The van der Waals surface area contributed by atoms with Gasteiger partial charge in [0, 0.05) is 32.5 Å². The zero-order valence-electron chi connectivity index (χ0n) is 12.7. The van der Waals surface area contributed by atoms with Crippen molar-refractivity contribution < 1.29 is 19.1 Å². The first kappa shape index (κ1) is 17.1. The van der Waals surface area contributed by atoms with Gasteiger partial charge >= 0.3 is 0 Å². The molecule has 2 amide bonds. The number of rotatable bonds is 8. The number of nitrogens with zero attached hydrogens (tertiary/aromatic N) is 1. The van der Waals surface area contributed by atoms with Crippen molar-refractivity contribution in [3.8, 4) is 0 Å². The summed E-state index contributed by atoms with van der Waals surface area (Å²) in [7, 11) is 2.94. The lowest BCUT2D eigenvalue weighted by Gasteiger charge is -2.26. The summed E-state index contributed by atoms with van der Waals surface area (Å²) in [6.07, 6.45) is 0. The third-order valence-corrected chi connectivity index (χ3v) is 2.78. The first-order valence-corrected chi connectivity index (χ1v) is 6.71. The molecule has 116 valence electrons. The quantitative estimate of drug-likeness (QED) is 0.770. The third-order valence-electron chi connectivity index (χ3n) is 2.78. The molecule has 0 aromatic heterocycles. The number of hydrogen-bond donors (Lipinski definition) is 1. The Morgan fingerprint density at radius 3 is 2.33 bits per heavy atom. The number of ether oxygens (including phenoxy) is 2. The van der Waals surface area contributed by atoms with Crippen molar-refractivity contribution in [3.63, 3.8) is 0 Å². The molecule has 1 aromatic carbocycles. The van der Waals surface area contributed by atoms with Gasteiger partial charge in [-0.1, -0.05) is 18.2 Å². The zero-order chi connectivity index (χ0) is 15.7. The van der Waals surface area contributed by atoms with Crippen LogP contribution in [-0.2, 0) is 19.1 Å². The van der Waals surface area contributed by atoms with Crippen LogP contribution in [0, 0.1) is 0 Å². The van der Waals surface area contributed by atoms with Gasteiger partial charge in [-0.05, 0) is 19.1 Å². The molecular formula is C15H22N2O4. The van der Waals surface area contributed by atoms with E-state index in [-0.39, 0.29) is 31.1 Å². The van der Waals surface area contributed by atoms with E-state index in [1.807, 2.05) is 37.3 Å². The van der Waals surface area contributed by atoms with E-state index < -0.39 is 0 Å². The van der Waals surface area contributed by atoms with Crippen LogP contribution in [0.3, 0.4) is 0 Å². The SMILES string of the molecule is COCC(=O)N[C@@H](C)CN(C(=O)COC)c1ccccc1. The van der Waals surface area contributed by atoms with Crippen molar-refractivity contribution in [2.45, 2.75) is 13.0 Å². The summed E-state index contributed by atoms with van der Waals surface area (Å²) >= 11 is 0. The summed E-state index contributed by atoms with van der Waals surface area (Å²) < 4.78 is 9.68. The summed E-state index contributed by atoms with van der Waals surface area (Å²) in [6, 6.07) is 9.09. The normalized spacial score (nSPS) is 11.8. The summed E-state index contributed by atoms with van der Waals surface area (Å²) in [5.74, 6) is -0.367. The number of amides is 2. The van der Waals surface area contributed by atoms with E-state index in [4.69, 9.17) is 9.47 Å². The van der Waals surface area contributed by atoms with Gasteiger partial charge in [-0.2, -0.15) is 0 Å². The number of carbonyl (C=O) groups excluding carboxylic acids is 2. The van der Waals surface area contributed by atoms with Crippen molar-refractivity contribution in [1.82, 2.24) is 5.32 Å². The molecule has 0 bridgehead atoms. The monoisotopic (exact) mass is 294 g/mol. The van der Waals surface area contributed by atoms with Crippen LogP contribution in [0.15, 0.2) is 30.3 Å². The summed E-state index contributed by atoms with van der Waals surface area (Å²) in [5, 5.41) is 2.78. The van der Waals surface area contributed by atoms with Crippen molar-refractivity contribution in [1.29, 1.82) is 0 Å². The maximum absolute atomic E-state index is 12.2. The molecule has 6 heteroatoms. The van der Waals surface area contributed by atoms with E-state index in [1.54, 1.807) is 4.90 Å². The number of para-hydroxylation sites is 1. The Bertz CT molecular complexity index is 450. The van der Waals surface area contributed by atoms with Gasteiger partial charge in [-0.3, -0.25) is 9.59 Å². The van der Waals surface area contributed by atoms with E-state index in [1.165, 1.54) is 14.2 Å². The topological polar surface area (TPSA) is 67.9 Å². The van der Waals surface area contributed by atoms with Gasteiger partial charge in [-0.25, -0.2) is 0 Å². The first-order valence-electron chi connectivity index (χ1n) is 6.71. The van der Waals surface area contributed by atoms with Crippen molar-refractivity contribution >= 4 is 17.5 Å². The average molecular weight is 294 g/mol. The predicted molar refractivity (Wildman–Crippen MR) is 80.2 cm³/mol. The van der Waals surface area contributed by atoms with Crippen LogP contribution in [0.1, 0.15) is 6.92 Å². The molecule has 0 fully saturated rings. The number of carbonyl (C=O) groups is 2. The highest BCUT2D eigenvalue weighted by Gasteiger charge is 2.19. The van der Waals surface area contributed by atoms with E-state index in [0.717, 1.165) is 5.69 Å². The fraction of sp³-hybridized carbons (Fsp3) is 0.467. The molecule has 0 aliphatic heterocycles. The highest BCUT2D eigenvalue weighted by Crippen LogP contribution is 2.14. The standard InChI is InChI=1S/C15H22N2O4/c1-12(16-14(18)10-20-2)9-17(15(19)11-21-3)13-7-5-4-6-8-13/h4-8,12H,9-11H2,1-3H3,(H,16,18)/t12-/m0/s1. The molecule has 6 nitrogen and oxygen atoms in total. The maximum atomic E-state index is 12.2. The molecule has 0 radical (unpaired) electrons. The highest BCUT2D eigenvalue weighted by atomic mass is 16.5. The Kier molecular flexibility index (Phi) is 7.42. The van der Waals surface area contributed by atoms with E-state index in [2.05, 4.69) is 5.32 Å². The van der Waals surface area contributed by atoms with Crippen molar-refractivity contribution in [3.05, 3.63) is 30.3 Å². The van der Waals surface area contributed by atoms with Gasteiger partial charge in [0.15, 0.2) is 0 Å². The second-order valence-corrected chi connectivity index (χ2v) is 4.67. The number of nitrogens with one attached hydrogen (secondary N) is 1. The third kappa shape index (κ3) is 5.93. The van der Waals surface area contributed by atoms with Gasteiger partial charge in [0.2, 0.25) is 5.91 Å². The van der Waals surface area contributed by atoms with Gasteiger partial charge in [-0.15, -0.1) is 0 Å². The highest BCUT2D eigenvalue weighted by molar-refractivity contribution is 5.94. The van der Waals surface area contributed by atoms with Crippen LogP contribution in [0.2, 0.25) is 0 Å². The molecule has 1 rings (SSSR count). The molecule has 0 aliphatic rings. The molecule has 0 spiro atoms. The van der Waals surface area contributed by atoms with Crippen LogP contribution in [0.4, 0.5) is 5.69 Å². The number of methoxy groups -OCH3 is 2. The van der Waals surface area contributed by atoms with E-state index in [9.17, 15) is 9.59 Å². The van der Waals surface area contributed by atoms with Gasteiger partial charge < -0.3 is 19.7 Å². The Balaban J connectivity index is 2.74. The number of benzene rings is 1. The average Bonchev–Trinajstić information content (AvgIpc) is 2.46. The minimum atomic E-state index is -0.211. The largest absolute Gasteiger partial charge is 0.375 e. The minimum Gasteiger partial charge on any atom is -0.375 e. The van der Waals surface area contributed by atoms with Crippen molar-refractivity contribution in [2.24, 2.45) is 0 Å². The smallest absolute Gasteiger partial charge is 0.253 e. The zero-order valence-corrected chi connectivity index (χ0v) is 12.7. The van der Waals surface area contributed by atoms with Crippen LogP contribution >= 0.6 is 0 Å². The molecule has 0 unspecified atom stereocenters. The van der Waals surface area contributed by atoms with Crippen molar-refractivity contribution in [2.75, 3.05) is 38.9 Å². The molecule has 0 saturated carbocycles. The Labute approximate surface area is 125 Å². The molecule has 0 heterocycles. The van der Waals surface area contributed by atoms with Crippen LogP contribution < -0.4 is 10.2 Å². The molecular weight excluding hydrogens is 272 g/mol. The van der Waals surface area contributed by atoms with E-state index >= 15 is 0 Å². The van der Waals surface area contributed by atoms with Gasteiger partial charge in [0.05, 0.1) is 0 Å². The lowest BCUT2D eigenvalue weighted by atomic mass is 10.2. The predicted octanol–water partition coefficient (Wildman–Crippen LogP) is 0.817. The summed E-state index contributed by atoms with van der Waals surface area (Å²) in [6.45, 7) is 2.20. The van der Waals surface area contributed by atoms with Gasteiger partial charge in [0.25, 0.3) is 5.91 Å². The second kappa shape index (κ2) is 9.10. The minimum absolute atomic E-state index is 0.00168. The molecule has 1 N–H and O–H groups in total. The number of hydrogen-bond acceptors (Lipinski definition) is 4. The summed E-state index contributed by atoms with van der Waals surface area (Å²) in [5.41, 5.74) is 0.771. The lowest BCUT2D eigenvalue weighted by Crippen LogP contribution is -2.46. The summed E-state index contributed by atoms with van der Waals surface area (Å²) in [4.78, 5) is 25.3. The Morgan fingerprint density at radius 1 is 1.14 bits per heavy atom. The molecule has 0 saturated heterocycles. The maximum Gasteiger partial charge on any atom is 0.253 e. The molecule has 0 aliphatic carbocycles. The van der Waals surface area contributed by atoms with Crippen LogP contribution in [0.25, 0.3) is 0 Å². The number of anilines is 1. The fourth-order valence-corrected chi connectivity index (χ4v) is 1.93. The lowest BCUT2D eigenvalue weighted by molar-refractivity contribution is -0.126. The molecule has 1 aromatic rings. The fourth-order valence-electron chi connectivity index (χ4n) is 1.93. The Hall–Kier alpha value is -1.92. The molecule has 21 heavy (non-hydrogen) atoms. The second-order valence-electron chi connectivity index (χ2n) is 4.67.